The van der Waals surface area contributed by atoms with Crippen molar-refractivity contribution in [2.75, 3.05) is 26.2 Å². The van der Waals surface area contributed by atoms with E-state index < -0.39 is 0 Å². The summed E-state index contributed by atoms with van der Waals surface area (Å²) >= 11 is 0. The number of nitrogens with zero attached hydrogens (tertiary/aromatic N) is 1. The molecule has 1 heterocycles. The van der Waals surface area contributed by atoms with Crippen molar-refractivity contribution >= 4 is 0 Å². The average Bonchev–Trinajstić information content (AvgIpc) is 2.16. The molecule has 0 aliphatic carbocycles. The molecule has 0 spiro atoms. The van der Waals surface area contributed by atoms with Gasteiger partial charge in [0.15, 0.2) is 0 Å². The molecule has 1 aliphatic heterocycles. The molecule has 1 rings (SSSR count). The van der Waals surface area contributed by atoms with Gasteiger partial charge in [0.1, 0.15) is 0 Å². The quantitative estimate of drug-likeness (QED) is 0.738. The molecule has 1 atom stereocenters. The number of β-amino-alcohol motifs (C(OH)–C–C–N with tert-alkyl or cyclic N) is 1. The highest BCUT2D eigenvalue weighted by Gasteiger charge is 2.22. The molecule has 0 radical (unpaired) electrons. The van der Waals surface area contributed by atoms with Crippen molar-refractivity contribution in [1.29, 1.82) is 0 Å². The summed E-state index contributed by atoms with van der Waals surface area (Å²) < 4.78 is 0. The molecule has 0 saturated carbocycles. The van der Waals surface area contributed by atoms with E-state index in [1.807, 2.05) is 0 Å². The first-order chi connectivity index (χ1) is 7.03. The largest absolute Gasteiger partial charge is 0.395 e. The highest BCUT2D eigenvalue weighted by molar-refractivity contribution is 4.81. The van der Waals surface area contributed by atoms with E-state index in [0.717, 1.165) is 19.6 Å². The monoisotopic (exact) mass is 214 g/mol. The second-order valence-electron chi connectivity index (χ2n) is 5.54. The van der Waals surface area contributed by atoms with Crippen LogP contribution in [0.4, 0.5) is 0 Å². The minimum atomic E-state index is 0.197. The number of rotatable bonds is 4. The van der Waals surface area contributed by atoms with Crippen LogP contribution in [0.15, 0.2) is 0 Å². The van der Waals surface area contributed by atoms with Gasteiger partial charge in [0, 0.05) is 24.7 Å². The Morgan fingerprint density at radius 3 is 2.67 bits per heavy atom. The fourth-order valence-corrected chi connectivity index (χ4v) is 2.14. The lowest BCUT2D eigenvalue weighted by molar-refractivity contribution is 0.111. The second kappa shape index (κ2) is 5.83. The molecule has 1 saturated heterocycles. The van der Waals surface area contributed by atoms with Gasteiger partial charge in [-0.1, -0.05) is 6.42 Å². The van der Waals surface area contributed by atoms with Crippen molar-refractivity contribution in [3.63, 3.8) is 0 Å². The van der Waals surface area contributed by atoms with Gasteiger partial charge in [-0.15, -0.1) is 0 Å². The average molecular weight is 214 g/mol. The predicted molar refractivity (Wildman–Crippen MR) is 64.1 cm³/mol. The van der Waals surface area contributed by atoms with Crippen LogP contribution in [-0.2, 0) is 0 Å². The van der Waals surface area contributed by atoms with Crippen LogP contribution in [0.3, 0.4) is 0 Å². The van der Waals surface area contributed by atoms with Gasteiger partial charge in [-0.2, -0.15) is 0 Å². The van der Waals surface area contributed by atoms with Crippen LogP contribution >= 0.6 is 0 Å². The van der Waals surface area contributed by atoms with Crippen LogP contribution in [-0.4, -0.2) is 47.8 Å². The predicted octanol–water partition coefficient (Wildman–Crippen LogP) is 1.22. The SMILES string of the molecule is CC(C)(C)NCC1CCCCN1CCO. The Bertz CT molecular complexity index is 175. The molecule has 1 unspecified atom stereocenters. The molecule has 3 heteroatoms. The normalized spacial score (nSPS) is 24.4. The smallest absolute Gasteiger partial charge is 0.0558 e. The van der Waals surface area contributed by atoms with Gasteiger partial charge in [0.2, 0.25) is 0 Å². The van der Waals surface area contributed by atoms with Gasteiger partial charge >= 0.3 is 0 Å². The van der Waals surface area contributed by atoms with E-state index in [2.05, 4.69) is 31.0 Å². The molecule has 90 valence electrons. The number of aliphatic hydroxyl groups excluding tert-OH is 1. The third-order valence-corrected chi connectivity index (χ3v) is 3.00. The Hall–Kier alpha value is -0.120. The lowest BCUT2D eigenvalue weighted by Gasteiger charge is -2.37. The summed E-state index contributed by atoms with van der Waals surface area (Å²) in [7, 11) is 0. The second-order valence-corrected chi connectivity index (χ2v) is 5.54. The first-order valence-electron chi connectivity index (χ1n) is 6.13. The first-order valence-corrected chi connectivity index (χ1v) is 6.13. The summed E-state index contributed by atoms with van der Waals surface area (Å²) in [6.07, 6.45) is 3.88. The van der Waals surface area contributed by atoms with Gasteiger partial charge in [-0.3, -0.25) is 4.90 Å². The number of aliphatic hydroxyl groups is 1. The van der Waals surface area contributed by atoms with Gasteiger partial charge < -0.3 is 10.4 Å². The van der Waals surface area contributed by atoms with Crippen LogP contribution in [0.1, 0.15) is 40.0 Å². The summed E-state index contributed by atoms with van der Waals surface area (Å²) in [6, 6.07) is 0.616. The van der Waals surface area contributed by atoms with E-state index >= 15 is 0 Å². The Morgan fingerprint density at radius 2 is 2.07 bits per heavy atom. The van der Waals surface area contributed by atoms with Crippen molar-refractivity contribution in [3.05, 3.63) is 0 Å². The van der Waals surface area contributed by atoms with E-state index in [-0.39, 0.29) is 12.1 Å². The molecule has 1 aliphatic rings. The highest BCUT2D eigenvalue weighted by atomic mass is 16.3. The third-order valence-electron chi connectivity index (χ3n) is 3.00. The molecule has 1 fully saturated rings. The number of hydrogen-bond acceptors (Lipinski definition) is 3. The van der Waals surface area contributed by atoms with Crippen LogP contribution in [0.25, 0.3) is 0 Å². The summed E-state index contributed by atoms with van der Waals surface area (Å²) in [5.74, 6) is 0. The van der Waals surface area contributed by atoms with Crippen molar-refractivity contribution in [2.45, 2.75) is 51.6 Å². The summed E-state index contributed by atoms with van der Waals surface area (Å²) in [6.45, 7) is 9.91. The lowest BCUT2D eigenvalue weighted by Crippen LogP contribution is -2.50. The summed E-state index contributed by atoms with van der Waals surface area (Å²) in [5.41, 5.74) is 0.197. The van der Waals surface area contributed by atoms with E-state index in [4.69, 9.17) is 5.11 Å². The van der Waals surface area contributed by atoms with E-state index in [9.17, 15) is 0 Å². The van der Waals surface area contributed by atoms with E-state index in [0.29, 0.717) is 6.04 Å². The molecule has 0 bridgehead atoms. The molecular formula is C12H26N2O. The Labute approximate surface area is 93.9 Å². The number of likely N-dealkylation sites (tertiary alicyclic amines) is 1. The van der Waals surface area contributed by atoms with Gasteiger partial charge in [-0.25, -0.2) is 0 Å². The number of hydrogen-bond donors (Lipinski definition) is 2. The van der Waals surface area contributed by atoms with Gasteiger partial charge in [-0.05, 0) is 40.2 Å². The Kier molecular flexibility index (Phi) is 5.03. The molecule has 0 amide bonds. The molecule has 0 aromatic rings. The molecule has 0 aromatic carbocycles. The molecule has 2 N–H and O–H groups in total. The van der Waals surface area contributed by atoms with E-state index in [1.165, 1.54) is 19.3 Å². The zero-order valence-electron chi connectivity index (χ0n) is 10.4. The summed E-state index contributed by atoms with van der Waals surface area (Å²) in [5, 5.41) is 12.6. The van der Waals surface area contributed by atoms with Crippen LogP contribution in [0, 0.1) is 0 Å². The maximum Gasteiger partial charge on any atom is 0.0558 e. The molecule has 3 nitrogen and oxygen atoms in total. The van der Waals surface area contributed by atoms with Crippen molar-refractivity contribution in [3.8, 4) is 0 Å². The van der Waals surface area contributed by atoms with Crippen molar-refractivity contribution in [2.24, 2.45) is 0 Å². The minimum Gasteiger partial charge on any atom is -0.395 e. The number of nitrogens with one attached hydrogen (secondary N) is 1. The Morgan fingerprint density at radius 1 is 1.33 bits per heavy atom. The van der Waals surface area contributed by atoms with Crippen LogP contribution in [0.2, 0.25) is 0 Å². The lowest BCUT2D eigenvalue weighted by atomic mass is 10.0. The van der Waals surface area contributed by atoms with Crippen LogP contribution in [0.5, 0.6) is 0 Å². The molecular weight excluding hydrogens is 188 g/mol. The molecule has 15 heavy (non-hydrogen) atoms. The first kappa shape index (κ1) is 12.9. The van der Waals surface area contributed by atoms with E-state index in [1.54, 1.807) is 0 Å². The van der Waals surface area contributed by atoms with Crippen molar-refractivity contribution < 1.29 is 5.11 Å². The molecule has 0 aromatic heterocycles. The Balaban J connectivity index is 2.35. The van der Waals surface area contributed by atoms with Crippen LogP contribution < -0.4 is 5.32 Å². The fourth-order valence-electron chi connectivity index (χ4n) is 2.14. The maximum atomic E-state index is 9.00. The third kappa shape index (κ3) is 4.96. The highest BCUT2D eigenvalue weighted by Crippen LogP contribution is 2.16. The number of piperidine rings is 1. The maximum absolute atomic E-state index is 9.00. The van der Waals surface area contributed by atoms with Gasteiger partial charge in [0.05, 0.1) is 6.61 Å². The topological polar surface area (TPSA) is 35.5 Å². The zero-order valence-corrected chi connectivity index (χ0v) is 10.4. The summed E-state index contributed by atoms with van der Waals surface area (Å²) in [4.78, 5) is 2.42. The van der Waals surface area contributed by atoms with Gasteiger partial charge in [0.25, 0.3) is 0 Å². The zero-order chi connectivity index (χ0) is 11.3. The van der Waals surface area contributed by atoms with Crippen molar-refractivity contribution in [1.82, 2.24) is 10.2 Å². The minimum absolute atomic E-state index is 0.197. The fraction of sp³-hybridized carbons (Fsp3) is 1.00. The standard InChI is InChI=1S/C12H26N2O/c1-12(2,3)13-10-11-6-4-5-7-14(11)8-9-15/h11,13,15H,4-10H2,1-3H3.